The minimum atomic E-state index is -0.0145. The molecule has 1 amide bonds. The molecule has 0 unspecified atom stereocenters. The van der Waals surface area contributed by atoms with Gasteiger partial charge in [-0.1, -0.05) is 11.6 Å². The lowest BCUT2D eigenvalue weighted by atomic mass is 10.2. The Balaban J connectivity index is 1.67. The summed E-state index contributed by atoms with van der Waals surface area (Å²) in [6.45, 7) is 2.66. The van der Waals surface area contributed by atoms with E-state index in [0.29, 0.717) is 42.3 Å². The van der Waals surface area contributed by atoms with Crippen molar-refractivity contribution in [1.29, 1.82) is 5.26 Å². The molecule has 0 aliphatic carbocycles. The van der Waals surface area contributed by atoms with Crippen LogP contribution in [0.5, 0.6) is 0 Å². The average Bonchev–Trinajstić information content (AvgIpc) is 3.08. The van der Waals surface area contributed by atoms with E-state index in [-0.39, 0.29) is 5.91 Å². The molecule has 22 heavy (non-hydrogen) atoms. The highest BCUT2D eigenvalue weighted by molar-refractivity contribution is 6.33. The van der Waals surface area contributed by atoms with Crippen molar-refractivity contribution < 1.29 is 4.79 Å². The summed E-state index contributed by atoms with van der Waals surface area (Å²) in [6.07, 6.45) is 3.14. The van der Waals surface area contributed by atoms with Gasteiger partial charge in [-0.3, -0.25) is 9.89 Å². The third-order valence-electron chi connectivity index (χ3n) is 3.73. The zero-order valence-corrected chi connectivity index (χ0v) is 12.5. The minimum Gasteiger partial charge on any atom is -0.367 e. The first-order chi connectivity index (χ1) is 10.7. The lowest BCUT2D eigenvalue weighted by Crippen LogP contribution is -2.48. The van der Waals surface area contributed by atoms with Gasteiger partial charge < -0.3 is 9.80 Å². The molecule has 1 fully saturated rings. The maximum absolute atomic E-state index is 12.2. The van der Waals surface area contributed by atoms with E-state index >= 15 is 0 Å². The molecule has 7 heteroatoms. The van der Waals surface area contributed by atoms with Crippen molar-refractivity contribution in [3.05, 3.63) is 46.7 Å². The number of nitrogens with one attached hydrogen (secondary N) is 1. The zero-order chi connectivity index (χ0) is 15.5. The molecule has 0 radical (unpaired) electrons. The van der Waals surface area contributed by atoms with E-state index in [4.69, 9.17) is 16.9 Å². The molecular formula is C15H14ClN5O. The van der Waals surface area contributed by atoms with Gasteiger partial charge in [-0.05, 0) is 18.2 Å². The van der Waals surface area contributed by atoms with Crippen molar-refractivity contribution >= 4 is 23.2 Å². The number of aromatic nitrogens is 2. The average molecular weight is 316 g/mol. The lowest BCUT2D eigenvalue weighted by Gasteiger charge is -2.36. The molecule has 0 spiro atoms. The van der Waals surface area contributed by atoms with E-state index in [1.165, 1.54) is 6.20 Å². The summed E-state index contributed by atoms with van der Waals surface area (Å²) >= 11 is 6.24. The van der Waals surface area contributed by atoms with Crippen LogP contribution in [0.15, 0.2) is 30.6 Å². The number of halogens is 1. The number of carbonyl (C=O) groups is 1. The van der Waals surface area contributed by atoms with Crippen LogP contribution in [0.3, 0.4) is 0 Å². The van der Waals surface area contributed by atoms with Crippen molar-refractivity contribution in [2.45, 2.75) is 0 Å². The maximum Gasteiger partial charge on any atom is 0.257 e. The van der Waals surface area contributed by atoms with Crippen LogP contribution in [-0.4, -0.2) is 47.2 Å². The van der Waals surface area contributed by atoms with Gasteiger partial charge in [0.2, 0.25) is 0 Å². The molecule has 2 aromatic rings. The van der Waals surface area contributed by atoms with Crippen LogP contribution in [0.1, 0.15) is 15.9 Å². The van der Waals surface area contributed by atoms with Crippen LogP contribution in [0.2, 0.25) is 5.02 Å². The second-order valence-electron chi connectivity index (χ2n) is 5.04. The summed E-state index contributed by atoms with van der Waals surface area (Å²) in [7, 11) is 0. The molecule has 112 valence electrons. The molecule has 1 saturated heterocycles. The Hall–Kier alpha value is -2.52. The molecule has 1 aromatic carbocycles. The molecule has 2 heterocycles. The summed E-state index contributed by atoms with van der Waals surface area (Å²) in [6, 6.07) is 7.35. The van der Waals surface area contributed by atoms with Gasteiger partial charge in [0.15, 0.2) is 0 Å². The molecule has 1 N–H and O–H groups in total. The highest BCUT2D eigenvalue weighted by Gasteiger charge is 2.23. The number of hydrogen-bond donors (Lipinski definition) is 1. The van der Waals surface area contributed by atoms with E-state index in [1.54, 1.807) is 23.2 Å². The molecule has 1 aromatic heterocycles. The van der Waals surface area contributed by atoms with Crippen molar-refractivity contribution in [3.8, 4) is 6.07 Å². The SMILES string of the molecule is N#Cc1ccc(N2CCN(C(=O)c3cn[nH]c3)CC2)c(Cl)c1. The Kier molecular flexibility index (Phi) is 3.98. The number of carbonyl (C=O) groups excluding carboxylic acids is 1. The Labute approximate surface area is 132 Å². The smallest absolute Gasteiger partial charge is 0.257 e. The number of anilines is 1. The van der Waals surface area contributed by atoms with E-state index < -0.39 is 0 Å². The molecule has 1 aliphatic rings. The summed E-state index contributed by atoms with van der Waals surface area (Å²) in [5.74, 6) is -0.0145. The van der Waals surface area contributed by atoms with Crippen LogP contribution in [0.25, 0.3) is 0 Å². The second-order valence-corrected chi connectivity index (χ2v) is 5.45. The second kappa shape index (κ2) is 6.08. The fourth-order valence-corrected chi connectivity index (χ4v) is 2.83. The zero-order valence-electron chi connectivity index (χ0n) is 11.8. The van der Waals surface area contributed by atoms with Gasteiger partial charge in [0, 0.05) is 32.4 Å². The maximum atomic E-state index is 12.2. The summed E-state index contributed by atoms with van der Waals surface area (Å²) in [5.41, 5.74) is 2.02. The third kappa shape index (κ3) is 2.76. The van der Waals surface area contributed by atoms with E-state index in [2.05, 4.69) is 21.2 Å². The van der Waals surface area contributed by atoms with Crippen LogP contribution in [0.4, 0.5) is 5.69 Å². The van der Waals surface area contributed by atoms with Gasteiger partial charge >= 0.3 is 0 Å². The normalized spacial score (nSPS) is 14.7. The molecule has 0 saturated carbocycles. The van der Waals surface area contributed by atoms with Gasteiger partial charge in [-0.25, -0.2) is 0 Å². The van der Waals surface area contributed by atoms with E-state index in [9.17, 15) is 4.79 Å². The molecule has 1 aliphatic heterocycles. The standard InChI is InChI=1S/C15H14ClN5O/c16-13-7-11(8-17)1-2-14(13)20-3-5-21(6-4-20)15(22)12-9-18-19-10-12/h1-2,7,9-10H,3-6H2,(H,18,19). The number of amides is 1. The Morgan fingerprint density at radius 2 is 2.09 bits per heavy atom. The predicted molar refractivity (Wildman–Crippen MR) is 82.9 cm³/mol. The van der Waals surface area contributed by atoms with Gasteiger partial charge in [0.1, 0.15) is 0 Å². The number of nitriles is 1. The summed E-state index contributed by atoms with van der Waals surface area (Å²) < 4.78 is 0. The highest BCUT2D eigenvalue weighted by atomic mass is 35.5. The van der Waals surface area contributed by atoms with E-state index in [1.807, 2.05) is 6.07 Å². The van der Waals surface area contributed by atoms with E-state index in [0.717, 1.165) is 5.69 Å². The van der Waals surface area contributed by atoms with Crippen molar-refractivity contribution in [1.82, 2.24) is 15.1 Å². The number of benzene rings is 1. The van der Waals surface area contributed by atoms with Crippen LogP contribution in [-0.2, 0) is 0 Å². The number of aromatic amines is 1. The fourth-order valence-electron chi connectivity index (χ4n) is 2.53. The number of H-pyrrole nitrogens is 1. The largest absolute Gasteiger partial charge is 0.367 e. The number of rotatable bonds is 2. The molecule has 3 rings (SSSR count). The predicted octanol–water partition coefficient (Wildman–Crippen LogP) is 1.90. The first kappa shape index (κ1) is 14.4. The monoisotopic (exact) mass is 315 g/mol. The number of hydrogen-bond acceptors (Lipinski definition) is 4. The summed E-state index contributed by atoms with van der Waals surface area (Å²) in [5, 5.41) is 15.9. The summed E-state index contributed by atoms with van der Waals surface area (Å²) in [4.78, 5) is 16.2. The van der Waals surface area contributed by atoms with Crippen LogP contribution in [0, 0.1) is 11.3 Å². The molecule has 0 atom stereocenters. The number of piperazine rings is 1. The van der Waals surface area contributed by atoms with Crippen molar-refractivity contribution in [2.24, 2.45) is 0 Å². The van der Waals surface area contributed by atoms with Gasteiger partial charge in [-0.15, -0.1) is 0 Å². The van der Waals surface area contributed by atoms with Crippen LogP contribution >= 0.6 is 11.6 Å². The Bertz CT molecular complexity index is 714. The number of nitrogens with zero attached hydrogens (tertiary/aromatic N) is 4. The minimum absolute atomic E-state index is 0.0145. The molecule has 0 bridgehead atoms. The molecular weight excluding hydrogens is 302 g/mol. The van der Waals surface area contributed by atoms with Crippen molar-refractivity contribution in [3.63, 3.8) is 0 Å². The molecule has 6 nitrogen and oxygen atoms in total. The Morgan fingerprint density at radius 3 is 2.68 bits per heavy atom. The van der Waals surface area contributed by atoms with Crippen molar-refractivity contribution in [2.75, 3.05) is 31.1 Å². The van der Waals surface area contributed by atoms with Gasteiger partial charge in [-0.2, -0.15) is 10.4 Å². The van der Waals surface area contributed by atoms with Gasteiger partial charge in [0.25, 0.3) is 5.91 Å². The first-order valence-electron chi connectivity index (χ1n) is 6.91. The Morgan fingerprint density at radius 1 is 1.32 bits per heavy atom. The topological polar surface area (TPSA) is 76.0 Å². The first-order valence-corrected chi connectivity index (χ1v) is 7.29. The lowest BCUT2D eigenvalue weighted by molar-refractivity contribution is 0.0747. The van der Waals surface area contributed by atoms with Crippen LogP contribution < -0.4 is 4.90 Å². The quantitative estimate of drug-likeness (QED) is 0.918. The third-order valence-corrected chi connectivity index (χ3v) is 4.03. The fraction of sp³-hybridized carbons (Fsp3) is 0.267. The van der Waals surface area contributed by atoms with Gasteiger partial charge in [0.05, 0.1) is 34.1 Å². The highest BCUT2D eigenvalue weighted by Crippen LogP contribution is 2.27.